The monoisotopic (exact) mass is 1600 g/mol. The molecule has 0 bridgehead atoms. The molecule has 10 heterocycles. The molecule has 10 aromatic rings. The van der Waals surface area contributed by atoms with Gasteiger partial charge in [0.15, 0.2) is 5.13 Å². The highest BCUT2D eigenvalue weighted by Gasteiger charge is 2.24. The highest BCUT2D eigenvalue weighted by Crippen LogP contribution is 2.32. The smallest absolute Gasteiger partial charge is 0.344 e. The number of pyridine rings is 1. The summed E-state index contributed by atoms with van der Waals surface area (Å²) in [5, 5.41) is 13.1. The minimum Gasteiger partial charge on any atom is -0.379 e. The second kappa shape index (κ2) is 42.5. The standard InChI is InChI=1S/C16H19NO.C15H21NO2.C13H23N3O.C11H15N3S.C11H20N2.C9H14N2.C9H15NS.C8H12N2O/c1-16(2,3)14-9-10-15(18)17(12-14)11-13-7-5-4-6-8-13;1-15(2,3)13-6-4-12(5-7-13)14(17)16-8-10-18-11-9-16;1-13(2,3)12-10-14-16(11-12)5-4-15-6-8-17-9-7-15;1-8-12-5-6-14(8)10-13-9(7-15-10)11(2,3)4;1-9(2)7-13-8-10(6-12-13)11(3,4)5;1-7-10-5-8(6-11-7)9(2,3)4;1-6-8(9(3,4)5)11-7(2)10-6;1-8(2,3)6-4-9-7(11)10-5-6/h4-10,12H,11H2,1-3H3;4-7H,8-11H2,1-3H3;10-11H,4-9H2,1-3H3;5-7H,1-4H3;6,8-9H,7H2,1-5H3;5-6H,1-4H3;1-5H3;4-5H,1-3H3,(H,9,10,11). The summed E-state index contributed by atoms with van der Waals surface area (Å²) in [6, 6.07) is 21.6. The maximum Gasteiger partial charge on any atom is 0.344 e. The van der Waals surface area contributed by atoms with Gasteiger partial charge in [-0.1, -0.05) is 229 Å². The number of ether oxygens (including phenoxy) is 2. The van der Waals surface area contributed by atoms with Crippen molar-refractivity contribution in [2.24, 2.45) is 5.92 Å². The zero-order chi connectivity index (χ0) is 85.4. The Morgan fingerprint density at radius 2 is 1.03 bits per heavy atom. The summed E-state index contributed by atoms with van der Waals surface area (Å²) in [5.74, 6) is 2.58. The number of carbonyl (C=O) groups excluding carboxylic acids is 1. The maximum absolute atomic E-state index is 12.2. The van der Waals surface area contributed by atoms with Gasteiger partial charge in [-0.05, 0) is 123 Å². The number of hydrogen-bond donors (Lipinski definition) is 1. The molecular weight excluding hydrogens is 1460 g/mol. The number of nitrogens with one attached hydrogen (secondary N) is 1. The number of aromatic amines is 1. The molecular formula is C92H139N15O5S2. The first-order valence-corrected chi connectivity index (χ1v) is 41.8. The van der Waals surface area contributed by atoms with Crippen LogP contribution in [0.4, 0.5) is 0 Å². The predicted molar refractivity (Wildman–Crippen MR) is 473 cm³/mol. The summed E-state index contributed by atoms with van der Waals surface area (Å²) in [4.78, 5) is 68.0. The van der Waals surface area contributed by atoms with Gasteiger partial charge in [-0.15, -0.1) is 22.7 Å². The van der Waals surface area contributed by atoms with Crippen molar-refractivity contribution in [2.75, 3.05) is 59.2 Å². The van der Waals surface area contributed by atoms with E-state index in [0.29, 0.717) is 38.8 Å². The lowest BCUT2D eigenvalue weighted by Gasteiger charge is -2.27. The highest BCUT2D eigenvalue weighted by molar-refractivity contribution is 7.12. The molecule has 2 aliphatic heterocycles. The van der Waals surface area contributed by atoms with E-state index in [4.69, 9.17) is 9.47 Å². The lowest BCUT2D eigenvalue weighted by molar-refractivity contribution is 0.0303. The molecule has 2 aliphatic rings. The van der Waals surface area contributed by atoms with Crippen LogP contribution >= 0.6 is 22.7 Å². The number of morpholine rings is 2. The second-order valence-corrected chi connectivity index (χ2v) is 40.0. The number of thiazole rings is 2. The minimum atomic E-state index is -0.294. The van der Waals surface area contributed by atoms with E-state index in [2.05, 4.69) is 266 Å². The minimum absolute atomic E-state index is 0.0480. The van der Waals surface area contributed by atoms with Crippen LogP contribution < -0.4 is 11.2 Å². The first kappa shape index (κ1) is 96.2. The number of nitrogens with zero attached hydrogens (tertiary/aromatic N) is 14. The summed E-state index contributed by atoms with van der Waals surface area (Å²) in [5.41, 5.74) is 12.5. The Morgan fingerprint density at radius 1 is 0.518 bits per heavy atom. The zero-order valence-electron chi connectivity index (χ0n) is 75.0. The van der Waals surface area contributed by atoms with Crippen LogP contribution in [0.3, 0.4) is 0 Å². The molecule has 0 unspecified atom stereocenters. The fraction of sp³-hybridized carbons (Fsp3) is 0.554. The van der Waals surface area contributed by atoms with Gasteiger partial charge in [-0.2, -0.15) is 10.2 Å². The van der Waals surface area contributed by atoms with Crippen LogP contribution in [-0.4, -0.2) is 138 Å². The van der Waals surface area contributed by atoms with E-state index in [9.17, 15) is 14.4 Å². The van der Waals surface area contributed by atoms with E-state index in [1.165, 1.54) is 43.4 Å². The fourth-order valence-corrected chi connectivity index (χ4v) is 13.2. The number of amides is 1. The number of aromatic nitrogens is 13. The number of aryl methyl sites for hydroxylation is 4. The van der Waals surface area contributed by atoms with Crippen molar-refractivity contribution >= 4 is 28.6 Å². The Balaban J connectivity index is 0.000000234. The van der Waals surface area contributed by atoms with E-state index in [1.54, 1.807) is 40.6 Å². The number of benzene rings is 2. The van der Waals surface area contributed by atoms with Crippen molar-refractivity contribution in [1.29, 1.82) is 0 Å². The Kier molecular flexibility index (Phi) is 35.8. The average Bonchev–Trinajstić information content (AvgIpc) is 1.29. The quantitative estimate of drug-likeness (QED) is 0.142. The van der Waals surface area contributed by atoms with Crippen molar-refractivity contribution < 1.29 is 14.3 Å². The summed E-state index contributed by atoms with van der Waals surface area (Å²) < 4.78 is 18.5. The van der Waals surface area contributed by atoms with Gasteiger partial charge < -0.3 is 23.9 Å². The predicted octanol–water partition coefficient (Wildman–Crippen LogP) is 19.1. The van der Waals surface area contributed by atoms with Gasteiger partial charge in [0.2, 0.25) is 0 Å². The molecule has 0 radical (unpaired) electrons. The molecule has 624 valence electrons. The van der Waals surface area contributed by atoms with Crippen LogP contribution in [0.2, 0.25) is 0 Å². The van der Waals surface area contributed by atoms with Crippen LogP contribution in [0.5, 0.6) is 0 Å². The first-order valence-electron chi connectivity index (χ1n) is 40.1. The summed E-state index contributed by atoms with van der Waals surface area (Å²) in [7, 11) is 0. The van der Waals surface area contributed by atoms with Gasteiger partial charge >= 0.3 is 5.69 Å². The molecule has 22 heteroatoms. The van der Waals surface area contributed by atoms with Crippen LogP contribution in [0, 0.1) is 33.6 Å². The Hall–Kier alpha value is -8.41. The van der Waals surface area contributed by atoms with Crippen molar-refractivity contribution in [2.45, 2.75) is 271 Å². The molecule has 1 amide bonds. The number of imidazole rings is 1. The first-order chi connectivity index (χ1) is 52.8. The van der Waals surface area contributed by atoms with Crippen LogP contribution in [0.25, 0.3) is 5.13 Å². The zero-order valence-corrected chi connectivity index (χ0v) is 76.6. The average molecular weight is 1600 g/mol. The second-order valence-electron chi connectivity index (χ2n) is 38.0. The number of carbonyl (C=O) groups is 1. The Morgan fingerprint density at radius 3 is 1.46 bits per heavy atom. The fourth-order valence-electron chi connectivity index (χ4n) is 11.2. The molecule has 20 nitrogen and oxygen atoms in total. The van der Waals surface area contributed by atoms with Crippen LogP contribution in [-0.2, 0) is 72.4 Å². The van der Waals surface area contributed by atoms with Crippen molar-refractivity contribution in [1.82, 2.24) is 73.4 Å². The van der Waals surface area contributed by atoms with E-state index >= 15 is 0 Å². The summed E-state index contributed by atoms with van der Waals surface area (Å²) in [6.45, 7) is 74.8. The third kappa shape index (κ3) is 33.4. The van der Waals surface area contributed by atoms with Gasteiger partial charge in [0, 0.05) is 122 Å². The molecule has 2 aromatic carbocycles. The summed E-state index contributed by atoms with van der Waals surface area (Å²) >= 11 is 3.47. The number of rotatable bonds is 9. The lowest BCUT2D eigenvalue weighted by Crippen LogP contribution is -2.40. The largest absolute Gasteiger partial charge is 0.379 e. The molecule has 0 saturated carbocycles. The van der Waals surface area contributed by atoms with E-state index in [0.717, 1.165) is 85.1 Å². The molecule has 0 atom stereocenters. The van der Waals surface area contributed by atoms with Crippen molar-refractivity contribution in [3.05, 3.63) is 239 Å². The molecule has 2 fully saturated rings. The molecule has 8 aromatic heterocycles. The normalized spacial score (nSPS) is 13.6. The van der Waals surface area contributed by atoms with E-state index in [-0.39, 0.29) is 60.5 Å². The van der Waals surface area contributed by atoms with E-state index < -0.39 is 0 Å². The van der Waals surface area contributed by atoms with Gasteiger partial charge in [0.1, 0.15) is 11.6 Å². The topological polar surface area (TPSA) is 215 Å². The highest BCUT2D eigenvalue weighted by atomic mass is 32.1. The Labute approximate surface area is 691 Å². The number of H-pyrrole nitrogens is 1. The van der Waals surface area contributed by atoms with Gasteiger partial charge in [0.05, 0.1) is 68.3 Å². The molecule has 2 saturated heterocycles. The van der Waals surface area contributed by atoms with Gasteiger partial charge in [0.25, 0.3) is 11.5 Å². The SMILES string of the molecule is CC(C)(C)c1ccc(=O)n(Cc2ccccc2)c1.CC(C)(C)c1ccc(C(=O)N2CCOCC2)cc1.CC(C)(C)c1cnc(=O)[nH]c1.CC(C)(C)c1cnn(CCN2CCOCC2)c1.CC(C)Cn1cc(C(C)(C)C)cn1.Cc1nc(C)c(C(C)(C)C)s1.Cc1ncc(C(C)(C)C)cn1.Cc1nccn1-c1nc(C(C)(C)C)cs1. The van der Waals surface area contributed by atoms with Crippen molar-refractivity contribution in [3.8, 4) is 5.13 Å². The maximum atomic E-state index is 12.2. The third-order valence-electron chi connectivity index (χ3n) is 18.7. The van der Waals surface area contributed by atoms with Crippen LogP contribution in [0.1, 0.15) is 262 Å². The molecule has 0 aliphatic carbocycles. The lowest BCUT2D eigenvalue weighted by atomic mass is 9.86. The third-order valence-corrected chi connectivity index (χ3v) is 21.0. The van der Waals surface area contributed by atoms with Gasteiger partial charge in [-0.3, -0.25) is 28.4 Å². The van der Waals surface area contributed by atoms with Crippen molar-refractivity contribution in [3.63, 3.8) is 0 Å². The Bertz CT molecular complexity index is 4570. The molecule has 12 rings (SSSR count). The van der Waals surface area contributed by atoms with E-state index in [1.807, 2.05) is 137 Å². The molecule has 114 heavy (non-hydrogen) atoms. The molecule has 0 spiro atoms. The van der Waals surface area contributed by atoms with Crippen LogP contribution in [0.15, 0.2) is 150 Å². The molecule has 1 N–H and O–H groups in total. The summed E-state index contributed by atoms with van der Waals surface area (Å²) in [6.07, 6.45) is 21.1. The number of hydrogen-bond acceptors (Lipinski definition) is 16. The van der Waals surface area contributed by atoms with Gasteiger partial charge in [-0.25, -0.2) is 34.7 Å².